The number of hydrogen-bond donors (Lipinski definition) is 1. The SMILES string of the molecule is Oc1c(C2=[N+]=C(Cc3ccc(F)cc3)S2)oc2cccnc12. The van der Waals surface area contributed by atoms with Crippen LogP contribution >= 0.6 is 11.8 Å². The van der Waals surface area contributed by atoms with Crippen LogP contribution in [0.15, 0.2) is 47.0 Å². The number of rotatable bonds is 3. The van der Waals surface area contributed by atoms with E-state index in [1.54, 1.807) is 30.5 Å². The van der Waals surface area contributed by atoms with Crippen molar-refractivity contribution < 1.29 is 13.9 Å². The van der Waals surface area contributed by atoms with Gasteiger partial charge in [0.2, 0.25) is 0 Å². The molecule has 0 spiro atoms. The van der Waals surface area contributed by atoms with Crippen molar-refractivity contribution in [2.24, 2.45) is 0 Å². The zero-order chi connectivity index (χ0) is 15.1. The summed E-state index contributed by atoms with van der Waals surface area (Å²) in [6.07, 6.45) is 2.23. The minimum atomic E-state index is -0.251. The molecule has 0 fully saturated rings. The molecule has 0 amide bonds. The van der Waals surface area contributed by atoms with E-state index in [1.807, 2.05) is 0 Å². The van der Waals surface area contributed by atoms with Gasteiger partial charge in [0.25, 0.3) is 5.76 Å². The van der Waals surface area contributed by atoms with Crippen molar-refractivity contribution in [2.45, 2.75) is 6.42 Å². The van der Waals surface area contributed by atoms with E-state index in [0.717, 1.165) is 10.6 Å². The van der Waals surface area contributed by atoms with E-state index < -0.39 is 0 Å². The Balaban J connectivity index is 1.65. The standard InChI is InChI=1S/C16H9FN2O2S/c17-10-5-3-9(4-6-10)8-12-19-16(22-12)15-14(20)13-11(21-15)2-1-7-18-13/h1-7H,8H2/p+1. The van der Waals surface area contributed by atoms with Gasteiger partial charge in [-0.2, -0.15) is 0 Å². The average molecular weight is 313 g/mol. The number of aromatic nitrogens is 1. The predicted molar refractivity (Wildman–Crippen MR) is 84.6 cm³/mol. The lowest BCUT2D eigenvalue weighted by Gasteiger charge is -1.99. The summed E-state index contributed by atoms with van der Waals surface area (Å²) in [6.45, 7) is 0. The van der Waals surface area contributed by atoms with Gasteiger partial charge in [0.15, 0.2) is 16.8 Å². The van der Waals surface area contributed by atoms with Crippen molar-refractivity contribution in [3.05, 3.63) is 59.7 Å². The highest BCUT2D eigenvalue weighted by Crippen LogP contribution is 2.34. The molecule has 0 aliphatic carbocycles. The molecule has 4 nitrogen and oxygen atoms in total. The molecular weight excluding hydrogens is 303 g/mol. The summed E-state index contributed by atoms with van der Waals surface area (Å²) in [5.74, 6) is 0.114. The maximum absolute atomic E-state index is 12.9. The molecule has 1 N–H and O–H groups in total. The van der Waals surface area contributed by atoms with Crippen LogP contribution in [0.4, 0.5) is 4.39 Å². The summed E-state index contributed by atoms with van der Waals surface area (Å²) in [6, 6.07) is 9.83. The zero-order valence-corrected chi connectivity index (χ0v) is 12.1. The van der Waals surface area contributed by atoms with E-state index in [4.69, 9.17) is 4.42 Å². The fourth-order valence-corrected chi connectivity index (χ4v) is 3.10. The van der Waals surface area contributed by atoms with Gasteiger partial charge in [0, 0.05) is 6.20 Å². The quantitative estimate of drug-likeness (QED) is 0.755. The van der Waals surface area contributed by atoms with E-state index >= 15 is 0 Å². The topological polar surface area (TPSA) is 60.4 Å². The molecule has 4 rings (SSSR count). The maximum Gasteiger partial charge on any atom is 0.419 e. The van der Waals surface area contributed by atoms with Crippen LogP contribution in [0, 0.1) is 5.82 Å². The van der Waals surface area contributed by atoms with Crippen molar-refractivity contribution in [3.63, 3.8) is 0 Å². The fraction of sp³-hybridized carbons (Fsp3) is 0.0625. The number of benzene rings is 1. The first-order chi connectivity index (χ1) is 10.7. The van der Waals surface area contributed by atoms with Gasteiger partial charge < -0.3 is 9.52 Å². The Bertz CT molecular complexity index is 940. The van der Waals surface area contributed by atoms with Crippen LogP contribution in [0.25, 0.3) is 11.1 Å². The summed E-state index contributed by atoms with van der Waals surface area (Å²) in [5.41, 5.74) is 1.96. The third kappa shape index (κ3) is 2.19. The first-order valence-electron chi connectivity index (χ1n) is 6.64. The lowest BCUT2D eigenvalue weighted by Crippen LogP contribution is -2.19. The second-order valence-electron chi connectivity index (χ2n) is 4.85. The van der Waals surface area contributed by atoms with Gasteiger partial charge in [-0.15, -0.1) is 0 Å². The largest absolute Gasteiger partial charge is 0.502 e. The molecule has 22 heavy (non-hydrogen) atoms. The van der Waals surface area contributed by atoms with Gasteiger partial charge in [-0.3, -0.25) is 0 Å². The van der Waals surface area contributed by atoms with E-state index in [1.165, 1.54) is 23.9 Å². The molecule has 2 aromatic heterocycles. The zero-order valence-electron chi connectivity index (χ0n) is 11.3. The summed E-state index contributed by atoms with van der Waals surface area (Å²) in [7, 11) is 0. The van der Waals surface area contributed by atoms with Crippen LogP contribution in [-0.2, 0) is 6.42 Å². The van der Waals surface area contributed by atoms with Gasteiger partial charge in [-0.05, 0) is 29.8 Å². The van der Waals surface area contributed by atoms with Crippen molar-refractivity contribution in [1.29, 1.82) is 0 Å². The molecule has 6 heteroatoms. The molecule has 0 atom stereocenters. The van der Waals surface area contributed by atoms with Gasteiger partial charge >= 0.3 is 10.1 Å². The summed E-state index contributed by atoms with van der Waals surface area (Å²) in [4.78, 5) is 4.09. The molecule has 1 aromatic carbocycles. The predicted octanol–water partition coefficient (Wildman–Crippen LogP) is 2.87. The van der Waals surface area contributed by atoms with Crippen LogP contribution in [0.2, 0.25) is 0 Å². The van der Waals surface area contributed by atoms with E-state index in [-0.39, 0.29) is 11.6 Å². The molecule has 1 aliphatic rings. The second-order valence-corrected chi connectivity index (χ2v) is 5.91. The van der Waals surface area contributed by atoms with E-state index in [0.29, 0.717) is 28.3 Å². The molecule has 108 valence electrons. The van der Waals surface area contributed by atoms with E-state index in [9.17, 15) is 9.50 Å². The monoisotopic (exact) mass is 313 g/mol. The normalized spacial score (nSPS) is 13.7. The Hall–Kier alpha value is -2.56. The number of nitrogens with zero attached hydrogens (tertiary/aromatic N) is 2. The minimum Gasteiger partial charge on any atom is -0.502 e. The average Bonchev–Trinajstić information content (AvgIpc) is 2.82. The first-order valence-corrected chi connectivity index (χ1v) is 7.46. The number of aromatic hydroxyl groups is 1. The van der Waals surface area contributed by atoms with Crippen molar-refractivity contribution in [3.8, 4) is 5.75 Å². The molecule has 0 radical (unpaired) electrons. The Morgan fingerprint density at radius 1 is 1.23 bits per heavy atom. The molecular formula is C16H10FN2O2S+. The summed E-state index contributed by atoms with van der Waals surface area (Å²) < 4.78 is 22.8. The summed E-state index contributed by atoms with van der Waals surface area (Å²) in [5, 5.41) is 11.7. The number of thioether (sulfide) groups is 1. The number of halogens is 1. The molecule has 0 saturated heterocycles. The Kier molecular flexibility index (Phi) is 2.99. The van der Waals surface area contributed by atoms with Gasteiger partial charge in [-0.1, -0.05) is 16.8 Å². The van der Waals surface area contributed by atoms with Crippen molar-refractivity contribution in [1.82, 2.24) is 9.65 Å². The van der Waals surface area contributed by atoms with Crippen molar-refractivity contribution >= 4 is 32.9 Å². The highest BCUT2D eigenvalue weighted by Gasteiger charge is 2.38. The molecule has 0 unspecified atom stereocenters. The third-order valence-corrected chi connectivity index (χ3v) is 4.27. The third-order valence-electron chi connectivity index (χ3n) is 3.33. The lowest BCUT2D eigenvalue weighted by molar-refractivity contribution is 0.461. The molecule has 3 aromatic rings. The van der Waals surface area contributed by atoms with Crippen LogP contribution < -0.4 is 4.67 Å². The van der Waals surface area contributed by atoms with Crippen LogP contribution in [0.5, 0.6) is 5.75 Å². The van der Waals surface area contributed by atoms with Crippen LogP contribution in [-0.4, -0.2) is 20.2 Å². The van der Waals surface area contributed by atoms with Gasteiger partial charge in [0.1, 0.15) is 5.82 Å². The Labute approximate surface area is 129 Å². The molecule has 3 heterocycles. The number of pyridine rings is 1. The van der Waals surface area contributed by atoms with Gasteiger partial charge in [0.05, 0.1) is 18.2 Å². The highest BCUT2D eigenvalue weighted by molar-refractivity contribution is 8.28. The fourth-order valence-electron chi connectivity index (χ4n) is 2.24. The highest BCUT2D eigenvalue weighted by atomic mass is 32.2. The molecule has 0 saturated carbocycles. The second kappa shape index (κ2) is 5.02. The number of furan rings is 1. The summed E-state index contributed by atoms with van der Waals surface area (Å²) >= 11 is 1.45. The number of hydrogen-bond acceptors (Lipinski definition) is 4. The lowest BCUT2D eigenvalue weighted by atomic mass is 10.2. The van der Waals surface area contributed by atoms with Gasteiger partial charge in [-0.25, -0.2) is 9.37 Å². The molecule has 1 aliphatic heterocycles. The Morgan fingerprint density at radius 3 is 2.73 bits per heavy atom. The smallest absolute Gasteiger partial charge is 0.419 e. The maximum atomic E-state index is 12.9. The molecule has 0 bridgehead atoms. The van der Waals surface area contributed by atoms with Crippen LogP contribution in [0.3, 0.4) is 0 Å². The number of fused-ring (bicyclic) bond motifs is 1. The first kappa shape index (κ1) is 13.1. The van der Waals surface area contributed by atoms with Crippen molar-refractivity contribution in [2.75, 3.05) is 0 Å². The van der Waals surface area contributed by atoms with Crippen LogP contribution in [0.1, 0.15) is 11.3 Å². The van der Waals surface area contributed by atoms with E-state index in [2.05, 4.69) is 9.65 Å². The Morgan fingerprint density at radius 2 is 2.00 bits per heavy atom. The minimum absolute atomic E-state index is 0.0164.